The Labute approximate surface area is 126 Å². The molecule has 1 N–H and O–H groups in total. The maximum atomic E-state index is 12.3. The number of benzene rings is 2. The van der Waals surface area contributed by atoms with Crippen molar-refractivity contribution in [2.45, 2.75) is 11.8 Å². The maximum absolute atomic E-state index is 12.3. The fourth-order valence-corrected chi connectivity index (χ4v) is 3.66. The molecule has 0 radical (unpaired) electrons. The molecule has 0 aliphatic carbocycles. The van der Waals surface area contributed by atoms with Crippen LogP contribution in [0.15, 0.2) is 51.8 Å². The Bertz CT molecular complexity index is 795. The largest absolute Gasteiger partial charge is 0.278 e. The molecule has 0 amide bonds. The summed E-state index contributed by atoms with van der Waals surface area (Å²) in [6.07, 6.45) is 0. The minimum Gasteiger partial charge on any atom is -0.278 e. The highest BCUT2D eigenvalue weighted by Crippen LogP contribution is 2.26. The molecular formula is C14H11BrN2O2S. The number of hydrogen-bond donors (Lipinski definition) is 1. The Morgan fingerprint density at radius 1 is 1.20 bits per heavy atom. The molecule has 6 heteroatoms. The highest BCUT2D eigenvalue weighted by atomic mass is 79.9. The maximum Gasteiger partial charge on any atom is 0.263 e. The second-order valence-corrected chi connectivity index (χ2v) is 6.70. The van der Waals surface area contributed by atoms with Gasteiger partial charge in [0.15, 0.2) is 0 Å². The minimum absolute atomic E-state index is 0.0324. The average molecular weight is 351 g/mol. The summed E-state index contributed by atoms with van der Waals surface area (Å²) in [7, 11) is -3.79. The zero-order chi connectivity index (χ0) is 14.8. The Hall–Kier alpha value is -1.84. The van der Waals surface area contributed by atoms with E-state index in [1.165, 1.54) is 12.1 Å². The van der Waals surface area contributed by atoms with Gasteiger partial charge in [0.25, 0.3) is 10.0 Å². The molecule has 0 aliphatic rings. The number of nitrogens with one attached hydrogen (secondary N) is 1. The number of nitrogens with zero attached hydrogens (tertiary/aromatic N) is 1. The van der Waals surface area contributed by atoms with Gasteiger partial charge >= 0.3 is 0 Å². The molecule has 0 saturated heterocycles. The predicted molar refractivity (Wildman–Crippen MR) is 80.8 cm³/mol. The molecule has 0 spiro atoms. The highest BCUT2D eigenvalue weighted by molar-refractivity contribution is 9.10. The van der Waals surface area contributed by atoms with Crippen LogP contribution < -0.4 is 4.72 Å². The molecular weight excluding hydrogens is 340 g/mol. The zero-order valence-corrected chi connectivity index (χ0v) is 13.0. The van der Waals surface area contributed by atoms with Crippen molar-refractivity contribution in [2.75, 3.05) is 4.72 Å². The predicted octanol–water partition coefficient (Wildman–Crippen LogP) is 3.43. The standard InChI is InChI=1S/C14H11BrN2O2S/c1-10-6-7-13(12(15)8-10)17-20(18,19)14-5-3-2-4-11(14)9-16/h2-8,17H,1H3. The number of rotatable bonds is 3. The number of sulfonamides is 1. The normalized spacial score (nSPS) is 10.8. The van der Waals surface area contributed by atoms with E-state index in [0.717, 1.165) is 5.56 Å². The summed E-state index contributed by atoms with van der Waals surface area (Å²) >= 11 is 3.32. The number of nitriles is 1. The van der Waals surface area contributed by atoms with Crippen molar-refractivity contribution >= 4 is 31.6 Å². The number of aryl methyl sites for hydroxylation is 1. The quantitative estimate of drug-likeness (QED) is 0.921. The average Bonchev–Trinajstić information content (AvgIpc) is 2.42. The van der Waals surface area contributed by atoms with Crippen molar-refractivity contribution in [3.8, 4) is 6.07 Å². The molecule has 0 fully saturated rings. The molecule has 4 nitrogen and oxygen atoms in total. The summed E-state index contributed by atoms with van der Waals surface area (Å²) in [4.78, 5) is -0.0324. The molecule has 2 rings (SSSR count). The van der Waals surface area contributed by atoms with Crippen LogP contribution in [0.3, 0.4) is 0 Å². The van der Waals surface area contributed by atoms with Crippen LogP contribution >= 0.6 is 15.9 Å². The van der Waals surface area contributed by atoms with Crippen LogP contribution in [0.25, 0.3) is 0 Å². The van der Waals surface area contributed by atoms with E-state index in [1.807, 2.05) is 19.1 Å². The summed E-state index contributed by atoms with van der Waals surface area (Å²) in [6.45, 7) is 1.91. The first-order chi connectivity index (χ1) is 9.44. The van der Waals surface area contributed by atoms with Crippen LogP contribution in [0.5, 0.6) is 0 Å². The molecule has 0 bridgehead atoms. The van der Waals surface area contributed by atoms with Gasteiger partial charge < -0.3 is 0 Å². The van der Waals surface area contributed by atoms with Gasteiger partial charge in [-0.1, -0.05) is 18.2 Å². The van der Waals surface area contributed by atoms with E-state index in [2.05, 4.69) is 20.7 Å². The molecule has 0 atom stereocenters. The monoisotopic (exact) mass is 350 g/mol. The van der Waals surface area contributed by atoms with Gasteiger partial charge in [0.2, 0.25) is 0 Å². The van der Waals surface area contributed by atoms with E-state index in [1.54, 1.807) is 24.3 Å². The fourth-order valence-electron chi connectivity index (χ4n) is 1.70. The van der Waals surface area contributed by atoms with Crippen LogP contribution in [0, 0.1) is 18.3 Å². The van der Waals surface area contributed by atoms with Crippen molar-refractivity contribution in [1.29, 1.82) is 5.26 Å². The summed E-state index contributed by atoms with van der Waals surface area (Å²) in [5, 5.41) is 8.99. The van der Waals surface area contributed by atoms with E-state index >= 15 is 0 Å². The second kappa shape index (κ2) is 5.65. The van der Waals surface area contributed by atoms with Crippen LogP contribution in [-0.4, -0.2) is 8.42 Å². The van der Waals surface area contributed by atoms with Crippen molar-refractivity contribution < 1.29 is 8.42 Å². The van der Waals surface area contributed by atoms with E-state index in [0.29, 0.717) is 10.2 Å². The van der Waals surface area contributed by atoms with E-state index < -0.39 is 10.0 Å². The van der Waals surface area contributed by atoms with Crippen molar-refractivity contribution in [2.24, 2.45) is 0 Å². The molecule has 2 aromatic carbocycles. The van der Waals surface area contributed by atoms with Gasteiger partial charge in [0.1, 0.15) is 11.0 Å². The van der Waals surface area contributed by atoms with Gasteiger partial charge in [-0.15, -0.1) is 0 Å². The van der Waals surface area contributed by atoms with Crippen LogP contribution in [0.1, 0.15) is 11.1 Å². The summed E-state index contributed by atoms with van der Waals surface area (Å²) < 4.78 is 27.8. The molecule has 2 aromatic rings. The van der Waals surface area contributed by atoms with Crippen molar-refractivity contribution in [1.82, 2.24) is 0 Å². The Morgan fingerprint density at radius 2 is 1.90 bits per heavy atom. The van der Waals surface area contributed by atoms with E-state index in [-0.39, 0.29) is 10.5 Å². The SMILES string of the molecule is Cc1ccc(NS(=O)(=O)c2ccccc2C#N)c(Br)c1. The van der Waals surface area contributed by atoms with Gasteiger partial charge in [-0.05, 0) is 52.7 Å². The van der Waals surface area contributed by atoms with Gasteiger partial charge in [0, 0.05) is 4.47 Å². The Kier molecular flexibility index (Phi) is 4.12. The summed E-state index contributed by atoms with van der Waals surface area (Å²) in [5.74, 6) is 0. The lowest BCUT2D eigenvalue weighted by atomic mass is 10.2. The van der Waals surface area contributed by atoms with Gasteiger partial charge in [0.05, 0.1) is 11.3 Å². The lowest BCUT2D eigenvalue weighted by Crippen LogP contribution is -2.14. The molecule has 0 saturated carbocycles. The van der Waals surface area contributed by atoms with Crippen molar-refractivity contribution in [3.63, 3.8) is 0 Å². The minimum atomic E-state index is -3.79. The Balaban J connectivity index is 2.44. The van der Waals surface area contributed by atoms with Crippen LogP contribution in [-0.2, 0) is 10.0 Å². The molecule has 0 aromatic heterocycles. The third kappa shape index (κ3) is 3.00. The highest BCUT2D eigenvalue weighted by Gasteiger charge is 2.19. The summed E-state index contributed by atoms with van der Waals surface area (Å²) in [6, 6.07) is 13.3. The van der Waals surface area contributed by atoms with Crippen molar-refractivity contribution in [3.05, 3.63) is 58.1 Å². The molecule has 0 heterocycles. The number of hydrogen-bond acceptors (Lipinski definition) is 3. The molecule has 0 unspecified atom stereocenters. The van der Waals surface area contributed by atoms with Gasteiger partial charge in [-0.25, -0.2) is 8.42 Å². The lowest BCUT2D eigenvalue weighted by Gasteiger charge is -2.11. The Morgan fingerprint density at radius 3 is 2.55 bits per heavy atom. The molecule has 20 heavy (non-hydrogen) atoms. The summed E-state index contributed by atoms with van der Waals surface area (Å²) in [5.41, 5.74) is 1.56. The third-order valence-electron chi connectivity index (χ3n) is 2.67. The van der Waals surface area contributed by atoms with E-state index in [4.69, 9.17) is 5.26 Å². The topological polar surface area (TPSA) is 70.0 Å². The van der Waals surface area contributed by atoms with Gasteiger partial charge in [-0.3, -0.25) is 4.72 Å². The lowest BCUT2D eigenvalue weighted by molar-refractivity contribution is 0.601. The molecule has 102 valence electrons. The molecule has 0 aliphatic heterocycles. The van der Waals surface area contributed by atoms with E-state index in [9.17, 15) is 8.42 Å². The number of halogens is 1. The zero-order valence-electron chi connectivity index (χ0n) is 10.6. The van der Waals surface area contributed by atoms with Gasteiger partial charge in [-0.2, -0.15) is 5.26 Å². The first-order valence-electron chi connectivity index (χ1n) is 5.72. The second-order valence-electron chi connectivity index (χ2n) is 4.20. The first-order valence-corrected chi connectivity index (χ1v) is 8.00. The number of anilines is 1. The third-order valence-corrected chi connectivity index (χ3v) is 4.75. The van der Waals surface area contributed by atoms with Crippen LogP contribution in [0.4, 0.5) is 5.69 Å². The first kappa shape index (κ1) is 14.6. The smallest absolute Gasteiger partial charge is 0.263 e. The van der Waals surface area contributed by atoms with Crippen LogP contribution in [0.2, 0.25) is 0 Å². The fraction of sp³-hybridized carbons (Fsp3) is 0.0714.